The van der Waals surface area contributed by atoms with E-state index in [9.17, 15) is 9.59 Å². The van der Waals surface area contributed by atoms with Crippen molar-refractivity contribution in [1.29, 1.82) is 0 Å². The summed E-state index contributed by atoms with van der Waals surface area (Å²) in [6.45, 7) is 4.76. The van der Waals surface area contributed by atoms with Gasteiger partial charge in [-0.3, -0.25) is 9.59 Å². The predicted octanol–water partition coefficient (Wildman–Crippen LogP) is -0.0518. The molecule has 1 heterocycles. The molecule has 86 valence electrons. The molecule has 1 N–H and O–H groups in total. The average Bonchev–Trinajstić information content (AvgIpc) is 2.12. The normalized spacial score (nSPS) is 18.1. The zero-order valence-corrected chi connectivity index (χ0v) is 9.33. The predicted molar refractivity (Wildman–Crippen MR) is 53.1 cm³/mol. The van der Waals surface area contributed by atoms with Crippen molar-refractivity contribution in [3.8, 4) is 0 Å². The van der Waals surface area contributed by atoms with Gasteiger partial charge in [-0.05, 0) is 5.92 Å². The van der Waals surface area contributed by atoms with Gasteiger partial charge in [0, 0.05) is 6.54 Å². The van der Waals surface area contributed by atoms with E-state index >= 15 is 0 Å². The van der Waals surface area contributed by atoms with Gasteiger partial charge in [-0.1, -0.05) is 13.8 Å². The van der Waals surface area contributed by atoms with Crippen LogP contribution < -0.4 is 5.32 Å². The molecule has 5 heteroatoms. The lowest BCUT2D eigenvalue weighted by molar-refractivity contribution is -0.188. The fourth-order valence-corrected chi connectivity index (χ4v) is 1.31. The molecule has 0 atom stereocenters. The van der Waals surface area contributed by atoms with Gasteiger partial charge in [-0.2, -0.15) is 0 Å². The summed E-state index contributed by atoms with van der Waals surface area (Å²) in [5, 5.41) is 2.72. The summed E-state index contributed by atoms with van der Waals surface area (Å²) in [5.41, 5.74) is -1.11. The van der Waals surface area contributed by atoms with E-state index < -0.39 is 11.4 Å². The van der Waals surface area contributed by atoms with Crippen molar-refractivity contribution >= 4 is 11.9 Å². The minimum atomic E-state index is -1.11. The highest BCUT2D eigenvalue weighted by Crippen LogP contribution is 2.29. The van der Waals surface area contributed by atoms with Crippen LogP contribution in [0.15, 0.2) is 0 Å². The van der Waals surface area contributed by atoms with E-state index in [1.807, 2.05) is 13.8 Å². The van der Waals surface area contributed by atoms with Crippen molar-refractivity contribution in [2.75, 3.05) is 26.9 Å². The summed E-state index contributed by atoms with van der Waals surface area (Å²) in [6, 6.07) is 0. The van der Waals surface area contributed by atoms with Crippen LogP contribution in [0.1, 0.15) is 13.8 Å². The third kappa shape index (κ3) is 2.28. The van der Waals surface area contributed by atoms with Gasteiger partial charge in [0.05, 0.1) is 20.3 Å². The summed E-state index contributed by atoms with van der Waals surface area (Å²) >= 11 is 0. The van der Waals surface area contributed by atoms with Crippen molar-refractivity contribution in [2.24, 2.45) is 11.3 Å². The summed E-state index contributed by atoms with van der Waals surface area (Å²) in [4.78, 5) is 23.2. The third-order valence-corrected chi connectivity index (χ3v) is 2.38. The van der Waals surface area contributed by atoms with E-state index in [4.69, 9.17) is 4.74 Å². The Kier molecular flexibility index (Phi) is 3.68. The van der Waals surface area contributed by atoms with Crippen LogP contribution in [0.25, 0.3) is 0 Å². The van der Waals surface area contributed by atoms with Gasteiger partial charge in [0.1, 0.15) is 0 Å². The second-order valence-electron chi connectivity index (χ2n) is 4.17. The Bertz CT molecular complexity index is 258. The van der Waals surface area contributed by atoms with Gasteiger partial charge in [-0.25, -0.2) is 0 Å². The molecule has 0 radical (unpaired) electrons. The zero-order valence-electron chi connectivity index (χ0n) is 9.33. The highest BCUT2D eigenvalue weighted by atomic mass is 16.5. The number of carbonyl (C=O) groups is 2. The summed E-state index contributed by atoms with van der Waals surface area (Å²) < 4.78 is 9.53. The molecule has 0 aliphatic carbocycles. The Morgan fingerprint density at radius 1 is 1.47 bits per heavy atom. The number of carbonyl (C=O) groups excluding carboxylic acids is 2. The van der Waals surface area contributed by atoms with E-state index in [1.54, 1.807) is 0 Å². The van der Waals surface area contributed by atoms with Crippen LogP contribution in [0, 0.1) is 11.3 Å². The second-order valence-corrected chi connectivity index (χ2v) is 4.17. The molecule has 1 amide bonds. The first kappa shape index (κ1) is 12.0. The quantitative estimate of drug-likeness (QED) is 0.527. The molecular weight excluding hydrogens is 198 g/mol. The van der Waals surface area contributed by atoms with Gasteiger partial charge < -0.3 is 14.8 Å². The Balaban J connectivity index is 2.58. The lowest BCUT2D eigenvalue weighted by atomic mass is 9.85. The van der Waals surface area contributed by atoms with Crippen molar-refractivity contribution in [3.63, 3.8) is 0 Å². The van der Waals surface area contributed by atoms with E-state index in [0.717, 1.165) is 0 Å². The Morgan fingerprint density at radius 2 is 2.07 bits per heavy atom. The van der Waals surface area contributed by atoms with Gasteiger partial charge in [0.2, 0.25) is 5.91 Å². The number of hydrogen-bond donors (Lipinski definition) is 1. The number of hydrogen-bond acceptors (Lipinski definition) is 4. The number of rotatable bonds is 4. The van der Waals surface area contributed by atoms with Crippen molar-refractivity contribution < 1.29 is 19.1 Å². The van der Waals surface area contributed by atoms with Gasteiger partial charge >= 0.3 is 5.97 Å². The van der Waals surface area contributed by atoms with Crippen LogP contribution in [0.4, 0.5) is 0 Å². The number of esters is 1. The first-order valence-electron chi connectivity index (χ1n) is 4.97. The second kappa shape index (κ2) is 4.61. The molecule has 1 aliphatic rings. The molecule has 0 bridgehead atoms. The lowest BCUT2D eigenvalue weighted by Gasteiger charge is -2.36. The van der Waals surface area contributed by atoms with Gasteiger partial charge in [-0.15, -0.1) is 0 Å². The topological polar surface area (TPSA) is 64.6 Å². The first-order chi connectivity index (χ1) is 7.03. The molecule has 0 spiro atoms. The molecular formula is C10H17NO4. The number of ether oxygens (including phenoxy) is 2. The Morgan fingerprint density at radius 3 is 2.40 bits per heavy atom. The molecule has 0 aromatic rings. The molecule has 0 saturated carbocycles. The maximum absolute atomic E-state index is 11.8. The van der Waals surface area contributed by atoms with E-state index in [-0.39, 0.29) is 19.1 Å². The molecule has 5 nitrogen and oxygen atoms in total. The highest BCUT2D eigenvalue weighted by molar-refractivity contribution is 6.03. The minimum Gasteiger partial charge on any atom is -0.468 e. The maximum Gasteiger partial charge on any atom is 0.326 e. The third-order valence-electron chi connectivity index (χ3n) is 2.38. The van der Waals surface area contributed by atoms with Crippen LogP contribution in [0.3, 0.4) is 0 Å². The van der Waals surface area contributed by atoms with E-state index in [1.165, 1.54) is 7.11 Å². The number of methoxy groups -OCH3 is 1. The first-order valence-corrected chi connectivity index (χ1v) is 4.97. The van der Waals surface area contributed by atoms with E-state index in [2.05, 4.69) is 10.1 Å². The number of amides is 1. The lowest BCUT2D eigenvalue weighted by Crippen LogP contribution is -2.59. The van der Waals surface area contributed by atoms with Crippen LogP contribution in [-0.4, -0.2) is 38.7 Å². The Labute approximate surface area is 89.1 Å². The molecule has 0 unspecified atom stereocenters. The maximum atomic E-state index is 11.8. The smallest absolute Gasteiger partial charge is 0.326 e. The van der Waals surface area contributed by atoms with Crippen LogP contribution >= 0.6 is 0 Å². The largest absolute Gasteiger partial charge is 0.468 e. The summed E-state index contributed by atoms with van der Waals surface area (Å²) in [6.07, 6.45) is 0. The van der Waals surface area contributed by atoms with Gasteiger partial charge in [0.15, 0.2) is 5.41 Å². The summed E-state index contributed by atoms with van der Waals surface area (Å²) in [5.74, 6) is -0.464. The van der Waals surface area contributed by atoms with Crippen molar-refractivity contribution in [1.82, 2.24) is 5.32 Å². The van der Waals surface area contributed by atoms with Crippen LogP contribution in [-0.2, 0) is 19.1 Å². The Hall–Kier alpha value is -1.10. The molecule has 1 aliphatic heterocycles. The monoisotopic (exact) mass is 215 g/mol. The van der Waals surface area contributed by atoms with Crippen molar-refractivity contribution in [3.05, 3.63) is 0 Å². The van der Waals surface area contributed by atoms with Crippen LogP contribution in [0.2, 0.25) is 0 Å². The fraction of sp³-hybridized carbons (Fsp3) is 0.800. The highest BCUT2D eigenvalue weighted by Gasteiger charge is 2.53. The fourth-order valence-electron chi connectivity index (χ4n) is 1.31. The molecule has 1 fully saturated rings. The molecule has 15 heavy (non-hydrogen) atoms. The van der Waals surface area contributed by atoms with Gasteiger partial charge in [0.25, 0.3) is 0 Å². The van der Waals surface area contributed by atoms with Crippen molar-refractivity contribution in [2.45, 2.75) is 13.8 Å². The summed E-state index contributed by atoms with van der Waals surface area (Å²) in [7, 11) is 1.28. The molecule has 0 aromatic carbocycles. The molecule has 1 rings (SSSR count). The molecule has 0 aromatic heterocycles. The standard InChI is InChI=1S/C10H17NO4/c1-7(2)4-11-8(12)10(5-15-6-10)9(13)14-3/h7H,4-6H2,1-3H3,(H,11,12). The van der Waals surface area contributed by atoms with Crippen LogP contribution in [0.5, 0.6) is 0 Å². The zero-order chi connectivity index (χ0) is 11.5. The van der Waals surface area contributed by atoms with E-state index in [0.29, 0.717) is 12.5 Å². The minimum absolute atomic E-state index is 0.115. The molecule has 1 saturated heterocycles. The average molecular weight is 215 g/mol. The SMILES string of the molecule is COC(=O)C1(C(=O)NCC(C)C)COC1. The number of nitrogens with one attached hydrogen (secondary N) is 1.